The van der Waals surface area contributed by atoms with Crippen LogP contribution in [0.1, 0.15) is 25.1 Å². The van der Waals surface area contributed by atoms with Gasteiger partial charge < -0.3 is 10.4 Å². The first-order chi connectivity index (χ1) is 7.49. The molecular formula is C10H16N2O3S. The largest absolute Gasteiger partial charge is 0.393 e. The summed E-state index contributed by atoms with van der Waals surface area (Å²) in [6, 6.07) is 3.47. The van der Waals surface area contributed by atoms with Crippen LogP contribution in [0.25, 0.3) is 0 Å². The Bertz CT molecular complexity index is 352. The minimum Gasteiger partial charge on any atom is -0.393 e. The Balaban J connectivity index is 2.39. The number of hydrogen-bond donors (Lipinski definition) is 2. The van der Waals surface area contributed by atoms with E-state index in [2.05, 4.69) is 5.32 Å². The summed E-state index contributed by atoms with van der Waals surface area (Å²) in [4.78, 5) is 11.0. The average molecular weight is 244 g/mol. The first-order valence-electron chi connectivity index (χ1n) is 5.13. The molecule has 1 heterocycles. The predicted molar refractivity (Wildman–Crippen MR) is 63.6 cm³/mol. The van der Waals surface area contributed by atoms with Gasteiger partial charge in [0.2, 0.25) is 0 Å². The van der Waals surface area contributed by atoms with Gasteiger partial charge in [0.1, 0.15) is 0 Å². The average Bonchev–Trinajstić information content (AvgIpc) is 2.61. The summed E-state index contributed by atoms with van der Waals surface area (Å²) in [5.74, 6) is 0. The van der Waals surface area contributed by atoms with Gasteiger partial charge in [-0.2, -0.15) is 0 Å². The van der Waals surface area contributed by atoms with Crippen LogP contribution in [0.2, 0.25) is 0 Å². The van der Waals surface area contributed by atoms with Crippen LogP contribution in [0.5, 0.6) is 0 Å². The predicted octanol–water partition coefficient (Wildman–Crippen LogP) is 1.91. The number of aliphatic hydroxyl groups is 1. The summed E-state index contributed by atoms with van der Waals surface area (Å²) < 4.78 is 0. The molecule has 2 unspecified atom stereocenters. The molecule has 0 saturated heterocycles. The summed E-state index contributed by atoms with van der Waals surface area (Å²) in [6.07, 6.45) is 0.341. The molecule has 1 aromatic rings. The third-order valence-electron chi connectivity index (χ3n) is 2.15. The summed E-state index contributed by atoms with van der Waals surface area (Å²) in [7, 11) is 0. The molecule has 1 aromatic heterocycles. The zero-order valence-electron chi connectivity index (χ0n) is 9.34. The Labute approximate surface area is 98.3 Å². The van der Waals surface area contributed by atoms with Gasteiger partial charge >= 0.3 is 5.00 Å². The van der Waals surface area contributed by atoms with Crippen molar-refractivity contribution in [2.75, 3.05) is 0 Å². The van der Waals surface area contributed by atoms with E-state index in [0.717, 1.165) is 4.88 Å². The van der Waals surface area contributed by atoms with Gasteiger partial charge in [0.25, 0.3) is 0 Å². The van der Waals surface area contributed by atoms with E-state index in [1.807, 2.05) is 6.92 Å². The Morgan fingerprint density at radius 1 is 1.56 bits per heavy atom. The monoisotopic (exact) mass is 244 g/mol. The van der Waals surface area contributed by atoms with Crippen LogP contribution in [-0.4, -0.2) is 22.2 Å². The van der Waals surface area contributed by atoms with Gasteiger partial charge in [0, 0.05) is 23.5 Å². The number of nitrogens with one attached hydrogen (secondary N) is 1. The van der Waals surface area contributed by atoms with Crippen LogP contribution >= 0.6 is 11.3 Å². The van der Waals surface area contributed by atoms with Crippen molar-refractivity contribution in [3.8, 4) is 0 Å². The number of nitro groups is 1. The third kappa shape index (κ3) is 4.26. The molecule has 0 aliphatic carbocycles. The molecule has 0 amide bonds. The lowest BCUT2D eigenvalue weighted by atomic mass is 10.1. The van der Waals surface area contributed by atoms with E-state index in [-0.39, 0.29) is 22.1 Å². The number of hydrogen-bond acceptors (Lipinski definition) is 5. The Morgan fingerprint density at radius 2 is 2.25 bits per heavy atom. The second kappa shape index (κ2) is 5.93. The molecule has 0 aliphatic heterocycles. The van der Waals surface area contributed by atoms with Gasteiger partial charge in [0.05, 0.1) is 11.0 Å². The third-order valence-corrected chi connectivity index (χ3v) is 3.18. The van der Waals surface area contributed by atoms with E-state index >= 15 is 0 Å². The Morgan fingerprint density at radius 3 is 2.75 bits per heavy atom. The minimum absolute atomic E-state index is 0.167. The minimum atomic E-state index is -0.382. The molecule has 0 aromatic carbocycles. The van der Waals surface area contributed by atoms with Crippen molar-refractivity contribution in [2.24, 2.45) is 0 Å². The molecule has 0 aliphatic rings. The fraction of sp³-hybridized carbons (Fsp3) is 0.600. The summed E-state index contributed by atoms with van der Waals surface area (Å²) in [5, 5.41) is 23.0. The molecule has 1 rings (SSSR count). The lowest BCUT2D eigenvalue weighted by Gasteiger charge is -2.14. The molecule has 5 nitrogen and oxygen atoms in total. The summed E-state index contributed by atoms with van der Waals surface area (Å²) in [6.45, 7) is 4.33. The van der Waals surface area contributed by atoms with Crippen LogP contribution in [0.4, 0.5) is 5.00 Å². The van der Waals surface area contributed by atoms with Crippen LogP contribution in [-0.2, 0) is 6.54 Å². The maximum absolute atomic E-state index is 10.5. The maximum atomic E-state index is 10.5. The van der Waals surface area contributed by atoms with Gasteiger partial charge in [-0.3, -0.25) is 10.1 Å². The highest BCUT2D eigenvalue weighted by Gasteiger charge is 2.10. The Kier molecular flexibility index (Phi) is 4.85. The van der Waals surface area contributed by atoms with Crippen molar-refractivity contribution in [3.63, 3.8) is 0 Å². The van der Waals surface area contributed by atoms with Crippen LogP contribution in [0.3, 0.4) is 0 Å². The molecule has 90 valence electrons. The van der Waals surface area contributed by atoms with E-state index in [4.69, 9.17) is 0 Å². The highest BCUT2D eigenvalue weighted by molar-refractivity contribution is 7.15. The molecule has 0 saturated carbocycles. The topological polar surface area (TPSA) is 75.4 Å². The molecule has 2 atom stereocenters. The number of nitrogens with zero attached hydrogens (tertiary/aromatic N) is 1. The van der Waals surface area contributed by atoms with Crippen molar-refractivity contribution in [3.05, 3.63) is 27.1 Å². The normalized spacial score (nSPS) is 14.7. The number of aliphatic hydroxyl groups excluding tert-OH is 1. The van der Waals surface area contributed by atoms with Crippen LogP contribution < -0.4 is 5.32 Å². The molecule has 0 spiro atoms. The summed E-state index contributed by atoms with van der Waals surface area (Å²) >= 11 is 1.18. The maximum Gasteiger partial charge on any atom is 0.324 e. The smallest absolute Gasteiger partial charge is 0.324 e. The zero-order valence-corrected chi connectivity index (χ0v) is 10.2. The second-order valence-corrected chi connectivity index (χ2v) is 5.01. The van der Waals surface area contributed by atoms with Gasteiger partial charge in [0.15, 0.2) is 0 Å². The van der Waals surface area contributed by atoms with E-state index < -0.39 is 0 Å². The fourth-order valence-corrected chi connectivity index (χ4v) is 2.20. The number of thiophene rings is 1. The SMILES string of the molecule is CC(O)CC(C)NCc1ccc([N+](=O)[O-])s1. The standard InChI is InChI=1S/C10H16N2O3S/c1-7(5-8(2)13)11-6-9-3-4-10(16-9)12(14)15/h3-4,7-8,11,13H,5-6H2,1-2H3. The van der Waals surface area contributed by atoms with E-state index in [9.17, 15) is 15.2 Å². The van der Waals surface area contributed by atoms with Crippen molar-refractivity contribution in [2.45, 2.75) is 39.0 Å². The zero-order chi connectivity index (χ0) is 12.1. The van der Waals surface area contributed by atoms with Crippen molar-refractivity contribution in [1.29, 1.82) is 0 Å². The molecular weight excluding hydrogens is 228 g/mol. The first-order valence-corrected chi connectivity index (χ1v) is 5.95. The van der Waals surface area contributed by atoms with Gasteiger partial charge in [-0.05, 0) is 26.3 Å². The first kappa shape index (κ1) is 13.1. The molecule has 6 heteroatoms. The molecule has 2 N–H and O–H groups in total. The lowest BCUT2D eigenvalue weighted by molar-refractivity contribution is -0.380. The molecule has 0 bridgehead atoms. The van der Waals surface area contributed by atoms with Gasteiger partial charge in [-0.1, -0.05) is 11.3 Å². The quantitative estimate of drug-likeness (QED) is 0.592. The fourth-order valence-electron chi connectivity index (χ4n) is 1.43. The highest BCUT2D eigenvalue weighted by Crippen LogP contribution is 2.23. The van der Waals surface area contributed by atoms with E-state index in [1.54, 1.807) is 13.0 Å². The number of rotatable bonds is 6. The second-order valence-electron chi connectivity index (χ2n) is 3.86. The Hall–Kier alpha value is -0.980. The van der Waals surface area contributed by atoms with Crippen LogP contribution in [0, 0.1) is 10.1 Å². The van der Waals surface area contributed by atoms with E-state index in [1.165, 1.54) is 17.4 Å². The van der Waals surface area contributed by atoms with Gasteiger partial charge in [-0.25, -0.2) is 0 Å². The van der Waals surface area contributed by atoms with Gasteiger partial charge in [-0.15, -0.1) is 0 Å². The highest BCUT2D eigenvalue weighted by atomic mass is 32.1. The lowest BCUT2D eigenvalue weighted by Crippen LogP contribution is -2.28. The van der Waals surface area contributed by atoms with Crippen molar-refractivity contribution >= 4 is 16.3 Å². The molecule has 0 fully saturated rings. The molecule has 0 radical (unpaired) electrons. The molecule has 16 heavy (non-hydrogen) atoms. The van der Waals surface area contributed by atoms with Crippen LogP contribution in [0.15, 0.2) is 12.1 Å². The summed E-state index contributed by atoms with van der Waals surface area (Å²) in [5.41, 5.74) is 0. The van der Waals surface area contributed by atoms with Crippen molar-refractivity contribution < 1.29 is 10.0 Å². The van der Waals surface area contributed by atoms with E-state index in [0.29, 0.717) is 13.0 Å². The van der Waals surface area contributed by atoms with Crippen molar-refractivity contribution in [1.82, 2.24) is 5.32 Å².